The minimum Gasteiger partial charge on any atom is -0.397 e. The summed E-state index contributed by atoms with van der Waals surface area (Å²) in [6, 6.07) is 2.51. The Hall–Kier alpha value is -2.42. The van der Waals surface area contributed by atoms with Crippen LogP contribution in [0.3, 0.4) is 0 Å². The molecule has 1 amide bonds. The highest BCUT2D eigenvalue weighted by Gasteiger charge is 2.46. The number of aliphatic hydroxyl groups is 1. The van der Waals surface area contributed by atoms with Crippen molar-refractivity contribution in [2.24, 2.45) is 5.92 Å². The number of hydrogen-bond acceptors (Lipinski definition) is 6. The van der Waals surface area contributed by atoms with Crippen LogP contribution in [-0.4, -0.2) is 58.4 Å². The summed E-state index contributed by atoms with van der Waals surface area (Å²) in [7, 11) is 0. The Bertz CT molecular complexity index is 633. The van der Waals surface area contributed by atoms with Crippen LogP contribution in [-0.2, 0) is 0 Å². The summed E-state index contributed by atoms with van der Waals surface area (Å²) in [4.78, 5) is 17.6. The molecule has 2 heterocycles. The van der Waals surface area contributed by atoms with E-state index in [4.69, 9.17) is 16.6 Å². The monoisotopic (exact) mass is 355 g/mol. The fourth-order valence-corrected chi connectivity index (χ4v) is 2.72. The maximum atomic E-state index is 13.7. The molecule has 0 bridgehead atoms. The van der Waals surface area contributed by atoms with Gasteiger partial charge in [-0.05, 0) is 25.0 Å². The van der Waals surface area contributed by atoms with Gasteiger partial charge in [0.1, 0.15) is 0 Å². The predicted octanol–water partition coefficient (Wildman–Crippen LogP) is 1.74. The summed E-state index contributed by atoms with van der Waals surface area (Å²) < 4.78 is 27.5. The standard InChI is InChI=1S/C14H19F2N3O2.C2H4N2/c1-8-5-14(15,16)7-19(11(8)6-20)13(21)12-10(17)4-3-9(2)18-12;3-1-2-4/h3-4,8,11,20H,5-7,17H2,1-2H3;1-4H. The van der Waals surface area contributed by atoms with E-state index in [1.165, 1.54) is 6.07 Å². The highest BCUT2D eigenvalue weighted by Crippen LogP contribution is 2.35. The van der Waals surface area contributed by atoms with Crippen molar-refractivity contribution in [3.63, 3.8) is 0 Å². The first-order valence-corrected chi connectivity index (χ1v) is 7.69. The van der Waals surface area contributed by atoms with Gasteiger partial charge in [0.2, 0.25) is 0 Å². The van der Waals surface area contributed by atoms with Crippen molar-refractivity contribution in [1.82, 2.24) is 9.88 Å². The lowest BCUT2D eigenvalue weighted by Gasteiger charge is -2.42. The molecule has 2 atom stereocenters. The largest absolute Gasteiger partial charge is 0.397 e. The third-order valence-corrected chi connectivity index (χ3v) is 3.88. The molecule has 2 unspecified atom stereocenters. The second-order valence-corrected chi connectivity index (χ2v) is 5.94. The van der Waals surface area contributed by atoms with Crippen LogP contribution in [0.2, 0.25) is 0 Å². The van der Waals surface area contributed by atoms with E-state index in [2.05, 4.69) is 4.98 Å². The fourth-order valence-electron chi connectivity index (χ4n) is 2.72. The van der Waals surface area contributed by atoms with E-state index in [0.29, 0.717) is 5.69 Å². The average molecular weight is 355 g/mol. The molecule has 25 heavy (non-hydrogen) atoms. The summed E-state index contributed by atoms with van der Waals surface area (Å²) in [5.74, 6) is -4.14. The number of amides is 1. The number of anilines is 1. The van der Waals surface area contributed by atoms with Gasteiger partial charge >= 0.3 is 0 Å². The Balaban J connectivity index is 0.000000705. The second-order valence-electron chi connectivity index (χ2n) is 5.94. The lowest BCUT2D eigenvalue weighted by Crippen LogP contribution is -2.56. The van der Waals surface area contributed by atoms with E-state index in [-0.39, 0.29) is 24.4 Å². The molecule has 1 fully saturated rings. The molecule has 1 aliphatic rings. The lowest BCUT2D eigenvalue weighted by molar-refractivity contribution is -0.0992. The number of nitrogens with one attached hydrogen (secondary N) is 2. The zero-order chi connectivity index (χ0) is 19.2. The number of alkyl halides is 2. The molecule has 0 aliphatic carbocycles. The van der Waals surface area contributed by atoms with E-state index in [1.807, 2.05) is 0 Å². The summed E-state index contributed by atoms with van der Waals surface area (Å²) in [6.07, 6.45) is 1.48. The molecule has 1 aromatic rings. The van der Waals surface area contributed by atoms with Crippen molar-refractivity contribution in [1.29, 1.82) is 10.8 Å². The van der Waals surface area contributed by atoms with Gasteiger partial charge in [-0.3, -0.25) is 4.79 Å². The van der Waals surface area contributed by atoms with Gasteiger partial charge in [0, 0.05) is 24.5 Å². The molecule has 9 heteroatoms. The van der Waals surface area contributed by atoms with Crippen molar-refractivity contribution in [2.75, 3.05) is 18.9 Å². The van der Waals surface area contributed by atoms with Crippen LogP contribution < -0.4 is 5.73 Å². The molecule has 0 saturated carbocycles. The van der Waals surface area contributed by atoms with Gasteiger partial charge < -0.3 is 26.6 Å². The minimum atomic E-state index is -2.97. The molecule has 0 aromatic carbocycles. The number of aliphatic hydroxyl groups excluding tert-OH is 1. The number of carbonyl (C=O) groups excluding carboxylic acids is 1. The van der Waals surface area contributed by atoms with Crippen LogP contribution in [0.15, 0.2) is 12.1 Å². The van der Waals surface area contributed by atoms with Gasteiger partial charge in [-0.1, -0.05) is 6.92 Å². The number of aromatic nitrogens is 1. The molecule has 2 rings (SSSR count). The first-order chi connectivity index (χ1) is 11.7. The van der Waals surface area contributed by atoms with Gasteiger partial charge in [0.05, 0.1) is 24.9 Å². The number of hydrogen-bond donors (Lipinski definition) is 4. The number of nitrogen functional groups attached to an aromatic ring is 1. The van der Waals surface area contributed by atoms with Crippen LogP contribution in [0.1, 0.15) is 29.5 Å². The van der Waals surface area contributed by atoms with Crippen LogP contribution in [0.25, 0.3) is 0 Å². The molecule has 0 spiro atoms. The Morgan fingerprint density at radius 2 is 2.08 bits per heavy atom. The summed E-state index contributed by atoms with van der Waals surface area (Å²) in [5, 5.41) is 21.6. The summed E-state index contributed by atoms with van der Waals surface area (Å²) >= 11 is 0. The van der Waals surface area contributed by atoms with Crippen molar-refractivity contribution in [3.8, 4) is 0 Å². The second kappa shape index (κ2) is 8.61. The van der Waals surface area contributed by atoms with Gasteiger partial charge in [0.15, 0.2) is 5.69 Å². The molecule has 0 radical (unpaired) electrons. The van der Waals surface area contributed by atoms with E-state index in [9.17, 15) is 18.7 Å². The Kier molecular flexibility index (Phi) is 7.10. The SMILES string of the molecule is Cc1ccc(N)c(C(=O)N2CC(F)(F)CC(C)C2CO)n1.N=CC=N. The van der Waals surface area contributed by atoms with Gasteiger partial charge in [0.25, 0.3) is 11.8 Å². The van der Waals surface area contributed by atoms with Crippen LogP contribution >= 0.6 is 0 Å². The lowest BCUT2D eigenvalue weighted by atomic mass is 9.88. The number of nitrogens with zero attached hydrogens (tertiary/aromatic N) is 2. The number of rotatable bonds is 3. The van der Waals surface area contributed by atoms with Gasteiger partial charge in [-0.25, -0.2) is 13.8 Å². The van der Waals surface area contributed by atoms with Crippen molar-refractivity contribution < 1.29 is 18.7 Å². The normalized spacial score (nSPS) is 21.7. The number of piperidine rings is 1. The predicted molar refractivity (Wildman–Crippen MR) is 91.6 cm³/mol. The number of halogens is 2. The summed E-state index contributed by atoms with van der Waals surface area (Å²) in [5.41, 5.74) is 6.40. The van der Waals surface area contributed by atoms with Gasteiger partial charge in [-0.2, -0.15) is 0 Å². The first kappa shape index (κ1) is 20.6. The number of nitrogens with two attached hydrogens (primary N) is 1. The maximum Gasteiger partial charge on any atom is 0.275 e. The molecular formula is C16H23F2N5O2. The minimum absolute atomic E-state index is 0.0432. The number of carbonyl (C=O) groups is 1. The molecule has 1 aromatic heterocycles. The molecule has 1 saturated heterocycles. The molecule has 5 N–H and O–H groups in total. The number of aryl methyl sites for hydroxylation is 1. The van der Waals surface area contributed by atoms with Crippen LogP contribution in [0.5, 0.6) is 0 Å². The first-order valence-electron chi connectivity index (χ1n) is 7.69. The van der Waals surface area contributed by atoms with Crippen molar-refractivity contribution in [2.45, 2.75) is 32.2 Å². The zero-order valence-corrected chi connectivity index (χ0v) is 14.2. The smallest absolute Gasteiger partial charge is 0.275 e. The maximum absolute atomic E-state index is 13.7. The van der Waals surface area contributed by atoms with Crippen molar-refractivity contribution in [3.05, 3.63) is 23.5 Å². The van der Waals surface area contributed by atoms with E-state index in [0.717, 1.165) is 17.3 Å². The van der Waals surface area contributed by atoms with E-state index < -0.39 is 30.3 Å². The third kappa shape index (κ3) is 5.28. The molecule has 1 aliphatic heterocycles. The molecular weight excluding hydrogens is 332 g/mol. The van der Waals surface area contributed by atoms with Crippen LogP contribution in [0.4, 0.5) is 14.5 Å². The van der Waals surface area contributed by atoms with E-state index in [1.54, 1.807) is 19.9 Å². The number of pyridine rings is 1. The van der Waals surface area contributed by atoms with Crippen molar-refractivity contribution >= 4 is 24.0 Å². The average Bonchev–Trinajstić information content (AvgIpc) is 2.55. The summed E-state index contributed by atoms with van der Waals surface area (Å²) in [6.45, 7) is 2.19. The quantitative estimate of drug-likeness (QED) is 0.616. The Labute approximate surface area is 144 Å². The zero-order valence-electron chi connectivity index (χ0n) is 14.2. The highest BCUT2D eigenvalue weighted by molar-refractivity contribution is 6.12. The number of likely N-dealkylation sites (tertiary alicyclic amines) is 1. The molecule has 138 valence electrons. The van der Waals surface area contributed by atoms with Crippen LogP contribution in [0, 0.1) is 23.7 Å². The Morgan fingerprint density at radius 3 is 2.60 bits per heavy atom. The highest BCUT2D eigenvalue weighted by atomic mass is 19.3. The third-order valence-electron chi connectivity index (χ3n) is 3.88. The van der Waals surface area contributed by atoms with E-state index >= 15 is 0 Å². The topological polar surface area (TPSA) is 127 Å². The fraction of sp³-hybridized carbons (Fsp3) is 0.500. The van der Waals surface area contributed by atoms with Gasteiger partial charge in [-0.15, -0.1) is 0 Å². The molecule has 7 nitrogen and oxygen atoms in total. The Morgan fingerprint density at radius 1 is 1.48 bits per heavy atom.